The molecule has 27 heteroatoms. The number of ketones is 4. The van der Waals surface area contributed by atoms with Crippen molar-refractivity contribution >= 4 is 52.9 Å². The first kappa shape index (κ1) is 73.1. The molecule has 5 aliphatic carbocycles. The lowest BCUT2D eigenvalue weighted by atomic mass is 9.44. The Hall–Kier alpha value is -9.13. The van der Waals surface area contributed by atoms with Crippen molar-refractivity contribution in [1.82, 2.24) is 5.32 Å². The fourth-order valence-electron chi connectivity index (χ4n) is 15.9. The summed E-state index contributed by atoms with van der Waals surface area (Å²) < 4.78 is 47.3. The van der Waals surface area contributed by atoms with E-state index in [0.29, 0.717) is 5.56 Å². The van der Waals surface area contributed by atoms with Crippen LogP contribution in [-0.4, -0.2) is 192 Å². The van der Waals surface area contributed by atoms with Crippen LogP contribution in [0.15, 0.2) is 120 Å². The summed E-state index contributed by atoms with van der Waals surface area (Å²) in [6, 6.07) is 26.6. The van der Waals surface area contributed by atoms with Crippen LogP contribution in [0.25, 0.3) is 0 Å². The molecule has 0 unspecified atom stereocenters. The van der Waals surface area contributed by atoms with Crippen LogP contribution in [0, 0.1) is 16.7 Å². The zero-order valence-corrected chi connectivity index (χ0v) is 56.4. The molecule has 2 saturated heterocycles. The number of carbonyl (C=O) groups excluding carboxylic acids is 9. The summed E-state index contributed by atoms with van der Waals surface area (Å²) in [5, 5.41) is 93.9. The van der Waals surface area contributed by atoms with Crippen LogP contribution in [0.3, 0.4) is 0 Å². The number of benzene rings is 5. The summed E-state index contributed by atoms with van der Waals surface area (Å²) in [5.41, 5.74) is -4.65. The number of hydrogen-bond acceptors (Lipinski definition) is 26. The van der Waals surface area contributed by atoms with Crippen LogP contribution >= 0.6 is 0 Å². The third-order valence-corrected chi connectivity index (χ3v) is 21.3. The van der Waals surface area contributed by atoms with Crippen molar-refractivity contribution in [3.63, 3.8) is 0 Å². The van der Waals surface area contributed by atoms with E-state index in [4.69, 9.17) is 43.6 Å². The van der Waals surface area contributed by atoms with E-state index in [1.165, 1.54) is 51.3 Å². The van der Waals surface area contributed by atoms with Crippen LogP contribution in [-0.2, 0) is 63.6 Å². The molecule has 536 valence electrons. The van der Waals surface area contributed by atoms with E-state index in [0.717, 1.165) is 13.8 Å². The Balaban J connectivity index is 0.000000225. The van der Waals surface area contributed by atoms with Gasteiger partial charge >= 0.3 is 23.9 Å². The van der Waals surface area contributed by atoms with Gasteiger partial charge in [-0.25, -0.2) is 9.59 Å². The summed E-state index contributed by atoms with van der Waals surface area (Å²) in [6.07, 6.45) is -15.6. The van der Waals surface area contributed by atoms with Crippen molar-refractivity contribution in [3.05, 3.63) is 170 Å². The Morgan fingerprint density at radius 1 is 0.752 bits per heavy atom. The number of aliphatic hydroxyl groups is 6. The van der Waals surface area contributed by atoms with Gasteiger partial charge in [0.25, 0.3) is 5.91 Å². The molecule has 11 N–H and O–H groups in total. The largest absolute Gasteiger partial charge is 0.507 e. The number of esters is 4. The highest BCUT2D eigenvalue weighted by atomic mass is 16.7. The summed E-state index contributed by atoms with van der Waals surface area (Å²) >= 11 is 0. The number of fused-ring (bicyclic) bond motifs is 8. The maximum atomic E-state index is 15.5. The van der Waals surface area contributed by atoms with Crippen LogP contribution < -0.4 is 15.8 Å². The van der Waals surface area contributed by atoms with Gasteiger partial charge in [-0.2, -0.15) is 0 Å². The molecule has 2 saturated carbocycles. The van der Waals surface area contributed by atoms with Crippen molar-refractivity contribution in [3.8, 4) is 17.2 Å². The molecule has 0 aromatic heterocycles. The smallest absolute Gasteiger partial charge is 0.338 e. The monoisotopic (exact) mass is 1400 g/mol. The zero-order valence-electron chi connectivity index (χ0n) is 56.4. The molecule has 0 radical (unpaired) electrons. The molecule has 2 bridgehead atoms. The first-order valence-electron chi connectivity index (χ1n) is 32.9. The van der Waals surface area contributed by atoms with Gasteiger partial charge in [0, 0.05) is 79.7 Å². The number of amides is 1. The molecular weight excluding hydrogens is 1320 g/mol. The minimum absolute atomic E-state index is 0.00289. The van der Waals surface area contributed by atoms with Crippen LogP contribution in [0.4, 0.5) is 0 Å². The summed E-state index contributed by atoms with van der Waals surface area (Å²) in [4.78, 5) is 123. The fourth-order valence-corrected chi connectivity index (χ4v) is 15.9. The Labute approximate surface area is 579 Å². The number of ether oxygens (including phenoxy) is 8. The Bertz CT molecular complexity index is 4170. The van der Waals surface area contributed by atoms with Crippen molar-refractivity contribution in [1.29, 1.82) is 0 Å². The lowest BCUT2D eigenvalue weighted by molar-refractivity contribution is -0.346. The molecule has 5 aromatic carbocycles. The molecule has 17 atom stereocenters. The molecular formula is C74H80N2O25. The molecule has 0 spiro atoms. The standard InChI is InChI=1S/C47H51NO14.C27H29NO11/c1-25-31(60-43(56)36(52)35(28-16-10-7-11-17-28)48-41(54)29-18-12-8-13-19-29)23-47(57)40(61-42(55)30-20-14-9-15-21-30)38-45(6,32(51)22-33-46(38,24-58-33)62-27(3)50)39(53)37(59-26(2)49)34(25)44(47,4)5;1-10-22(31)13(28)6-17(38-10)39-15-8-27(36,16(30)9-29)7-12-19(15)26(35)21-20(24(12)33)23(32)11-4-3-5-14(37-2)18(11)25(21)34/h7-21,31-33,35-38,40,51-52,57H,22-24H2,1-6H3,(H,48,54);3-5,10,13,15,17,22,29,31,33,35-36H,6-9,28H2,1-2H3/t31-,32-,33+,35-,36+,37+,38-,40-,45+,46-,47+;10-,13-,15-,17-,22-,27-/m00/s1. The van der Waals surface area contributed by atoms with E-state index in [1.807, 2.05) is 0 Å². The topological polar surface area (TPSA) is 427 Å². The van der Waals surface area contributed by atoms with Crippen LogP contribution in [0.2, 0.25) is 0 Å². The molecule has 4 fully saturated rings. The lowest BCUT2D eigenvalue weighted by Gasteiger charge is -2.67. The highest BCUT2D eigenvalue weighted by Gasteiger charge is 2.78. The number of phenols is 2. The molecule has 5 aromatic rings. The predicted octanol–water partition coefficient (Wildman–Crippen LogP) is 3.74. The first-order chi connectivity index (χ1) is 47.7. The number of phenolic OH excluding ortho intramolecular Hbond substituents is 2. The molecule has 2 heterocycles. The summed E-state index contributed by atoms with van der Waals surface area (Å²) in [6.45, 7) is 8.53. The number of nitrogens with one attached hydrogen (secondary N) is 1. The number of methoxy groups -OCH3 is 1. The zero-order chi connectivity index (χ0) is 73.3. The highest BCUT2D eigenvalue weighted by Crippen LogP contribution is 2.65. The van der Waals surface area contributed by atoms with Crippen molar-refractivity contribution in [2.45, 2.75) is 171 Å². The molecule has 27 nitrogen and oxygen atoms in total. The predicted molar refractivity (Wildman–Crippen MR) is 349 cm³/mol. The lowest BCUT2D eigenvalue weighted by Crippen LogP contribution is -2.82. The highest BCUT2D eigenvalue weighted by molar-refractivity contribution is 6.31. The molecule has 1 amide bonds. The second-order valence-electron chi connectivity index (χ2n) is 27.5. The Kier molecular flexibility index (Phi) is 20.0. The van der Waals surface area contributed by atoms with Gasteiger partial charge in [0.2, 0.25) is 5.78 Å². The van der Waals surface area contributed by atoms with Gasteiger partial charge in [0.15, 0.2) is 41.4 Å². The third kappa shape index (κ3) is 12.5. The third-order valence-electron chi connectivity index (χ3n) is 21.3. The molecule has 101 heavy (non-hydrogen) atoms. The van der Waals surface area contributed by atoms with E-state index in [9.17, 15) is 79.2 Å². The number of rotatable bonds is 15. The average Bonchev–Trinajstić information content (AvgIpc) is 0.670. The van der Waals surface area contributed by atoms with Crippen molar-refractivity contribution < 1.29 is 122 Å². The molecule has 7 aliphatic rings. The first-order valence-corrected chi connectivity index (χ1v) is 32.9. The van der Waals surface area contributed by atoms with E-state index >= 15 is 4.79 Å². The fraction of sp³-hybridized carbons (Fsp3) is 0.446. The van der Waals surface area contributed by atoms with Crippen molar-refractivity contribution in [2.24, 2.45) is 22.5 Å². The van der Waals surface area contributed by atoms with Crippen LogP contribution in [0.5, 0.6) is 17.2 Å². The second-order valence-corrected chi connectivity index (χ2v) is 27.5. The number of aliphatic hydroxyl groups excluding tert-OH is 4. The van der Waals surface area contributed by atoms with Gasteiger partial charge in [-0.15, -0.1) is 0 Å². The Morgan fingerprint density at radius 3 is 1.96 bits per heavy atom. The minimum Gasteiger partial charge on any atom is -0.507 e. The number of aromatic hydroxyl groups is 2. The second kappa shape index (κ2) is 27.7. The normalized spacial score (nSPS) is 31.1. The van der Waals surface area contributed by atoms with Gasteiger partial charge < -0.3 is 89.8 Å². The quantitative estimate of drug-likeness (QED) is 0.0303. The average molecular weight is 1400 g/mol. The van der Waals surface area contributed by atoms with Crippen LogP contribution in [0.1, 0.15) is 156 Å². The van der Waals surface area contributed by atoms with Gasteiger partial charge in [-0.05, 0) is 67.8 Å². The van der Waals surface area contributed by atoms with E-state index in [-0.39, 0.29) is 69.7 Å². The number of nitrogens with two attached hydrogens (primary N) is 1. The van der Waals surface area contributed by atoms with Crippen molar-refractivity contribution in [2.75, 3.05) is 20.3 Å². The van der Waals surface area contributed by atoms with E-state index in [1.54, 1.807) is 99.6 Å². The van der Waals surface area contributed by atoms with Gasteiger partial charge in [-0.3, -0.25) is 33.6 Å². The number of hydrogen-bond donors (Lipinski definition) is 10. The minimum atomic E-state index is -2.39. The maximum absolute atomic E-state index is 15.5. The summed E-state index contributed by atoms with van der Waals surface area (Å²) in [5.74, 6) is -10.6. The SMILES string of the molecule is CC(=O)O[C@H]1C(=O)[C@@]2(C)[C@H]([C@H](OC(=O)c3ccccc3)[C@]3(O)C[C@H](OC(=O)[C@H](O)[C@@H](NC(=O)c4ccccc4)c4ccccc4)C(C)=C1C3(C)C)[C@]1(OC(C)=O)CO[C@@H]1C[C@@H]2O.COc1cccc2c1C(=O)c1c(O)c3c(c(O)c1C2=O)C[C@@](O)(C(=O)CO)C[C@@H]3O[C@H]1C[C@H](N)[C@@H](O)[C@H](C)O1. The maximum Gasteiger partial charge on any atom is 0.338 e. The van der Waals surface area contributed by atoms with Gasteiger partial charge in [-0.1, -0.05) is 92.7 Å². The molecule has 12 rings (SSSR count). The van der Waals surface area contributed by atoms with E-state index in [2.05, 4.69) is 5.32 Å². The number of carbonyl (C=O) groups is 9. The Morgan fingerprint density at radius 2 is 1.38 bits per heavy atom. The summed E-state index contributed by atoms with van der Waals surface area (Å²) in [7, 11) is 1.32. The van der Waals surface area contributed by atoms with E-state index < -0.39 is 208 Å². The van der Waals surface area contributed by atoms with Gasteiger partial charge in [0.1, 0.15) is 53.4 Å². The van der Waals surface area contributed by atoms with Gasteiger partial charge in [0.05, 0.1) is 77.8 Å². The molecule has 2 aliphatic heterocycles. The number of Topliss-reactive ketones (excluding diaryl/α,β-unsaturated/α-hetero) is 2.